The van der Waals surface area contributed by atoms with Gasteiger partial charge in [0.25, 0.3) is 0 Å². The average molecular weight is 538 g/mol. The Morgan fingerprint density at radius 3 is 2.75 bits per heavy atom. The number of H-pyrrole nitrogens is 1. The molecular formula is C32H39N7O. The summed E-state index contributed by atoms with van der Waals surface area (Å²) in [4.78, 5) is 24.2. The van der Waals surface area contributed by atoms with Gasteiger partial charge in [-0.3, -0.25) is 9.89 Å². The number of aromatic nitrogens is 3. The van der Waals surface area contributed by atoms with Crippen LogP contribution < -0.4 is 4.90 Å². The van der Waals surface area contributed by atoms with Crippen molar-refractivity contribution in [1.29, 1.82) is 5.26 Å². The van der Waals surface area contributed by atoms with Crippen LogP contribution in [-0.4, -0.2) is 77.7 Å². The molecule has 0 atom stereocenters. The number of hydrogen-bond acceptors (Lipinski definition) is 6. The Bertz CT molecular complexity index is 1550. The number of carbonyl (C=O) groups excluding carboxylic acids is 1. The summed E-state index contributed by atoms with van der Waals surface area (Å²) in [6.45, 7) is 10.7. The lowest BCUT2D eigenvalue weighted by Crippen LogP contribution is -2.59. The van der Waals surface area contributed by atoms with Crippen LogP contribution in [-0.2, 0) is 17.6 Å². The normalized spacial score (nSPS) is 19.4. The molecule has 2 aromatic heterocycles. The van der Waals surface area contributed by atoms with Crippen molar-refractivity contribution in [2.24, 2.45) is 10.8 Å². The van der Waals surface area contributed by atoms with E-state index in [-0.39, 0.29) is 16.7 Å². The molecule has 40 heavy (non-hydrogen) atoms. The van der Waals surface area contributed by atoms with Crippen LogP contribution in [0.5, 0.6) is 0 Å². The number of anilines is 1. The zero-order valence-corrected chi connectivity index (χ0v) is 24.3. The molecule has 2 saturated heterocycles. The number of aromatic amines is 1. The molecule has 1 N–H and O–H groups in total. The Labute approximate surface area is 236 Å². The van der Waals surface area contributed by atoms with Gasteiger partial charge in [-0.25, -0.2) is 4.98 Å². The Morgan fingerprint density at radius 1 is 1.20 bits per heavy atom. The van der Waals surface area contributed by atoms with Crippen LogP contribution in [0.3, 0.4) is 0 Å². The molecule has 1 spiro atoms. The third kappa shape index (κ3) is 4.56. The zero-order valence-electron chi connectivity index (χ0n) is 24.3. The average Bonchev–Trinajstić information content (AvgIpc) is 3.54. The van der Waals surface area contributed by atoms with Gasteiger partial charge in [-0.15, -0.1) is 0 Å². The standard InChI is InChI=1S/C32H39N7O/c1-21-8-9-25-24(17-34-36-25)28(21)29-22-10-11-31(2,3)15-26(22)35-30(23(29)16-33)38-14-12-32(18-38)19-39(20-32)27(40)7-6-13-37(4)5/h6-9,17H,10-15,18-20H2,1-5H3,(H,34,36)/b7-6+. The summed E-state index contributed by atoms with van der Waals surface area (Å²) < 4.78 is 0. The highest BCUT2D eigenvalue weighted by atomic mass is 16.2. The first-order valence-corrected chi connectivity index (χ1v) is 14.3. The quantitative estimate of drug-likeness (QED) is 0.483. The van der Waals surface area contributed by atoms with E-state index in [1.165, 1.54) is 5.56 Å². The van der Waals surface area contributed by atoms with Crippen LogP contribution in [0.2, 0.25) is 0 Å². The first kappa shape index (κ1) is 26.5. The second kappa shape index (κ2) is 9.74. The molecule has 208 valence electrons. The second-order valence-corrected chi connectivity index (χ2v) is 13.2. The summed E-state index contributed by atoms with van der Waals surface area (Å²) in [6, 6.07) is 6.79. The van der Waals surface area contributed by atoms with Gasteiger partial charge in [0.05, 0.1) is 11.7 Å². The summed E-state index contributed by atoms with van der Waals surface area (Å²) in [5, 5.41) is 19.2. The van der Waals surface area contributed by atoms with E-state index < -0.39 is 0 Å². The Hall–Kier alpha value is -3.70. The minimum atomic E-state index is 0.0648. The van der Waals surface area contributed by atoms with Gasteiger partial charge >= 0.3 is 0 Å². The van der Waals surface area contributed by atoms with Crippen molar-refractivity contribution < 1.29 is 4.79 Å². The maximum Gasteiger partial charge on any atom is 0.246 e. The van der Waals surface area contributed by atoms with Gasteiger partial charge in [-0.2, -0.15) is 10.4 Å². The van der Waals surface area contributed by atoms with Crippen LogP contribution in [0.1, 0.15) is 49.1 Å². The first-order valence-electron chi connectivity index (χ1n) is 14.3. The number of carbonyl (C=O) groups is 1. The predicted molar refractivity (Wildman–Crippen MR) is 158 cm³/mol. The van der Waals surface area contributed by atoms with Gasteiger partial charge < -0.3 is 14.7 Å². The number of nitriles is 1. The summed E-state index contributed by atoms with van der Waals surface area (Å²) in [5.41, 5.74) is 7.50. The highest BCUT2D eigenvalue weighted by molar-refractivity contribution is 5.99. The molecule has 3 aliphatic rings. The minimum Gasteiger partial charge on any atom is -0.355 e. The lowest BCUT2D eigenvalue weighted by Gasteiger charge is -2.47. The van der Waals surface area contributed by atoms with Crippen molar-refractivity contribution in [3.8, 4) is 17.2 Å². The molecule has 0 bridgehead atoms. The number of nitrogens with zero attached hydrogens (tertiary/aromatic N) is 6. The summed E-state index contributed by atoms with van der Waals surface area (Å²) in [5.74, 6) is 0.894. The van der Waals surface area contributed by atoms with E-state index in [0.29, 0.717) is 5.56 Å². The highest BCUT2D eigenvalue weighted by Crippen LogP contribution is 2.47. The van der Waals surface area contributed by atoms with Crippen LogP contribution in [0.15, 0.2) is 30.5 Å². The number of likely N-dealkylation sites (tertiary alicyclic amines) is 1. The van der Waals surface area contributed by atoms with Crippen LogP contribution in [0.4, 0.5) is 5.82 Å². The van der Waals surface area contributed by atoms with Crippen LogP contribution in [0.25, 0.3) is 22.0 Å². The van der Waals surface area contributed by atoms with Gasteiger partial charge in [0.2, 0.25) is 5.91 Å². The molecule has 8 heteroatoms. The van der Waals surface area contributed by atoms with E-state index in [1.807, 2.05) is 36.2 Å². The molecule has 4 heterocycles. The van der Waals surface area contributed by atoms with Crippen molar-refractivity contribution in [3.63, 3.8) is 0 Å². The number of nitrogens with one attached hydrogen (secondary N) is 1. The maximum atomic E-state index is 12.7. The molecule has 2 fully saturated rings. The third-order valence-corrected chi connectivity index (χ3v) is 9.09. The first-order chi connectivity index (χ1) is 19.1. The summed E-state index contributed by atoms with van der Waals surface area (Å²) >= 11 is 0. The van der Waals surface area contributed by atoms with E-state index in [1.54, 1.807) is 6.08 Å². The topological polar surface area (TPSA) is 92.2 Å². The van der Waals surface area contributed by atoms with E-state index >= 15 is 0 Å². The molecule has 8 nitrogen and oxygen atoms in total. The molecule has 2 aliphatic heterocycles. The molecule has 1 amide bonds. The molecule has 1 aliphatic carbocycles. The van der Waals surface area contributed by atoms with Gasteiger partial charge in [0.15, 0.2) is 0 Å². The fraction of sp³-hybridized carbons (Fsp3) is 0.500. The van der Waals surface area contributed by atoms with Gasteiger partial charge in [0.1, 0.15) is 17.5 Å². The molecular weight excluding hydrogens is 498 g/mol. The Morgan fingerprint density at radius 2 is 2.00 bits per heavy atom. The van der Waals surface area contributed by atoms with Gasteiger partial charge in [-0.1, -0.05) is 26.0 Å². The molecule has 0 radical (unpaired) electrons. The number of benzene rings is 1. The zero-order chi connectivity index (χ0) is 28.2. The van der Waals surface area contributed by atoms with E-state index in [0.717, 1.165) is 97.5 Å². The molecule has 1 aromatic carbocycles. The molecule has 0 saturated carbocycles. The Kier molecular flexibility index (Phi) is 6.46. The summed E-state index contributed by atoms with van der Waals surface area (Å²) in [7, 11) is 3.99. The van der Waals surface area contributed by atoms with Crippen LogP contribution >= 0.6 is 0 Å². The summed E-state index contributed by atoms with van der Waals surface area (Å²) in [6.07, 6.45) is 9.39. The minimum absolute atomic E-state index is 0.0648. The van der Waals surface area contributed by atoms with E-state index in [4.69, 9.17) is 4.98 Å². The largest absolute Gasteiger partial charge is 0.355 e. The van der Waals surface area contributed by atoms with Crippen LogP contribution in [0, 0.1) is 29.1 Å². The monoisotopic (exact) mass is 537 g/mol. The smallest absolute Gasteiger partial charge is 0.246 e. The molecule has 3 aromatic rings. The second-order valence-electron chi connectivity index (χ2n) is 13.2. The van der Waals surface area contributed by atoms with E-state index in [9.17, 15) is 10.1 Å². The van der Waals surface area contributed by atoms with Crippen molar-refractivity contribution in [1.82, 2.24) is 25.0 Å². The number of hydrogen-bond donors (Lipinski definition) is 1. The number of fused-ring (bicyclic) bond motifs is 2. The lowest BCUT2D eigenvalue weighted by atomic mass is 9.73. The maximum absolute atomic E-state index is 12.7. The number of amides is 1. The van der Waals surface area contributed by atoms with Crippen molar-refractivity contribution >= 4 is 22.6 Å². The number of rotatable bonds is 5. The molecule has 0 unspecified atom stereocenters. The van der Waals surface area contributed by atoms with Crippen molar-refractivity contribution in [2.75, 3.05) is 51.7 Å². The highest BCUT2D eigenvalue weighted by Gasteiger charge is 2.49. The predicted octanol–water partition coefficient (Wildman–Crippen LogP) is 4.48. The van der Waals surface area contributed by atoms with E-state index in [2.05, 4.69) is 54.1 Å². The fourth-order valence-electron chi connectivity index (χ4n) is 6.91. The van der Waals surface area contributed by atoms with Gasteiger partial charge in [0, 0.05) is 60.9 Å². The lowest BCUT2D eigenvalue weighted by molar-refractivity contribution is -0.136. The van der Waals surface area contributed by atoms with Crippen molar-refractivity contribution in [3.05, 3.63) is 52.9 Å². The fourth-order valence-corrected chi connectivity index (χ4v) is 6.91. The SMILES string of the molecule is Cc1ccc2[nH]ncc2c1-c1c(C#N)c(N2CCC3(CN(C(=O)/C=C/CN(C)C)C3)C2)nc2c1CCC(C)(C)C2. The Balaban J connectivity index is 1.37. The number of pyridine rings is 1. The number of aryl methyl sites for hydroxylation is 1. The van der Waals surface area contributed by atoms with Gasteiger partial charge in [-0.05, 0) is 74.9 Å². The number of likely N-dealkylation sites (N-methyl/N-ethyl adjacent to an activating group) is 1. The third-order valence-electron chi connectivity index (χ3n) is 9.09. The van der Waals surface area contributed by atoms with Crippen molar-refractivity contribution in [2.45, 2.75) is 46.5 Å². The molecule has 6 rings (SSSR count).